The third-order valence-corrected chi connectivity index (χ3v) is 5.00. The number of carbonyl (C=O) groups is 1. The minimum absolute atomic E-state index is 0.103. The van der Waals surface area contributed by atoms with E-state index in [1.165, 1.54) is 5.56 Å². The Bertz CT molecular complexity index is 573. The van der Waals surface area contributed by atoms with Crippen LogP contribution in [0, 0.1) is 0 Å². The van der Waals surface area contributed by atoms with E-state index in [1.807, 2.05) is 11.0 Å². The highest BCUT2D eigenvalue weighted by Crippen LogP contribution is 2.39. The molecule has 2 aliphatic rings. The van der Waals surface area contributed by atoms with Crippen molar-refractivity contribution in [2.75, 3.05) is 40.0 Å². The highest BCUT2D eigenvalue weighted by atomic mass is 35.5. The molecule has 23 heavy (non-hydrogen) atoms. The number of hydrogen-bond acceptors (Lipinski definition) is 4. The summed E-state index contributed by atoms with van der Waals surface area (Å²) in [6.07, 6.45) is 3.10. The lowest BCUT2D eigenvalue weighted by Gasteiger charge is -2.30. The van der Waals surface area contributed by atoms with Crippen molar-refractivity contribution in [1.29, 1.82) is 0 Å². The lowest BCUT2D eigenvalue weighted by Crippen LogP contribution is -2.45. The topological polar surface area (TPSA) is 50.8 Å². The first-order valence-electron chi connectivity index (χ1n) is 8.15. The molecule has 6 heteroatoms. The van der Waals surface area contributed by atoms with Crippen LogP contribution in [0.2, 0.25) is 5.02 Å². The van der Waals surface area contributed by atoms with Gasteiger partial charge in [-0.1, -0.05) is 17.7 Å². The Hall–Kier alpha value is -1.30. The maximum absolute atomic E-state index is 12.3. The normalized spacial score (nSPS) is 21.0. The molecular formula is C17H23ClN2O3. The Morgan fingerprint density at radius 2 is 2.22 bits per heavy atom. The van der Waals surface area contributed by atoms with Gasteiger partial charge in [-0.25, -0.2) is 0 Å². The Balaban J connectivity index is 1.69. The van der Waals surface area contributed by atoms with E-state index >= 15 is 0 Å². The summed E-state index contributed by atoms with van der Waals surface area (Å²) in [6.45, 7) is 2.94. The number of fused-ring (bicyclic) bond motifs is 1. The molecule has 1 aliphatic carbocycles. The fourth-order valence-corrected chi connectivity index (χ4v) is 3.74. The second-order valence-corrected chi connectivity index (χ2v) is 6.35. The summed E-state index contributed by atoms with van der Waals surface area (Å²) < 4.78 is 10.6. The summed E-state index contributed by atoms with van der Waals surface area (Å²) in [5, 5.41) is 4.06. The Labute approximate surface area is 141 Å². The van der Waals surface area contributed by atoms with Crippen molar-refractivity contribution in [2.45, 2.75) is 25.3 Å². The summed E-state index contributed by atoms with van der Waals surface area (Å²) in [5.41, 5.74) is 2.34. The maximum atomic E-state index is 12.3. The van der Waals surface area contributed by atoms with Crippen LogP contribution in [0.3, 0.4) is 0 Å². The molecule has 1 aliphatic heterocycles. The second-order valence-electron chi connectivity index (χ2n) is 5.97. The van der Waals surface area contributed by atoms with Crippen molar-refractivity contribution < 1.29 is 14.3 Å². The SMILES string of the molecule is COc1ccc2c(c1Cl)C(NCC(=O)N1CCOCC1)CCC2. The predicted octanol–water partition coefficient (Wildman–Crippen LogP) is 2.17. The van der Waals surface area contributed by atoms with E-state index in [4.69, 9.17) is 21.1 Å². The van der Waals surface area contributed by atoms with E-state index in [9.17, 15) is 4.79 Å². The Morgan fingerprint density at radius 1 is 1.43 bits per heavy atom. The molecule has 0 bridgehead atoms. The molecule has 1 atom stereocenters. The number of ether oxygens (including phenoxy) is 2. The standard InChI is InChI=1S/C17H23ClN2O3/c1-22-14-6-5-12-3-2-4-13(16(12)17(14)18)19-11-15(21)20-7-9-23-10-8-20/h5-6,13,19H,2-4,7-11H2,1H3. The Kier molecular flexibility index (Phi) is 5.41. The Morgan fingerprint density at radius 3 is 2.96 bits per heavy atom. The summed E-state index contributed by atoms with van der Waals surface area (Å²) in [4.78, 5) is 14.2. The predicted molar refractivity (Wildman–Crippen MR) is 89.1 cm³/mol. The average molecular weight is 339 g/mol. The van der Waals surface area contributed by atoms with Gasteiger partial charge in [-0.3, -0.25) is 4.79 Å². The monoisotopic (exact) mass is 338 g/mol. The highest BCUT2D eigenvalue weighted by molar-refractivity contribution is 6.33. The number of benzene rings is 1. The van der Waals surface area contributed by atoms with Crippen LogP contribution in [0.5, 0.6) is 5.75 Å². The van der Waals surface area contributed by atoms with Crippen molar-refractivity contribution >= 4 is 17.5 Å². The molecule has 0 radical (unpaired) electrons. The zero-order valence-electron chi connectivity index (χ0n) is 13.4. The zero-order valence-corrected chi connectivity index (χ0v) is 14.2. The van der Waals surface area contributed by atoms with Gasteiger partial charge in [-0.05, 0) is 36.5 Å². The molecular weight excluding hydrogens is 316 g/mol. The van der Waals surface area contributed by atoms with E-state index in [2.05, 4.69) is 11.4 Å². The van der Waals surface area contributed by atoms with Gasteiger partial charge in [0.15, 0.2) is 0 Å². The number of aryl methyl sites for hydroxylation is 1. The van der Waals surface area contributed by atoms with Gasteiger partial charge < -0.3 is 19.7 Å². The molecule has 126 valence electrons. The molecule has 0 saturated carbocycles. The van der Waals surface area contributed by atoms with E-state index in [-0.39, 0.29) is 11.9 Å². The van der Waals surface area contributed by atoms with Crippen LogP contribution in [0.15, 0.2) is 12.1 Å². The third-order valence-electron chi connectivity index (χ3n) is 4.61. The first-order chi connectivity index (χ1) is 11.2. The molecule has 1 heterocycles. The van der Waals surface area contributed by atoms with Gasteiger partial charge in [0.1, 0.15) is 5.75 Å². The number of halogens is 1. The molecule has 0 spiro atoms. The van der Waals surface area contributed by atoms with Gasteiger partial charge in [0.25, 0.3) is 0 Å². The number of carbonyl (C=O) groups excluding carboxylic acids is 1. The number of methoxy groups -OCH3 is 1. The zero-order chi connectivity index (χ0) is 16.2. The molecule has 3 rings (SSSR count). The van der Waals surface area contributed by atoms with Crippen LogP contribution in [0.4, 0.5) is 0 Å². The molecule has 5 nitrogen and oxygen atoms in total. The van der Waals surface area contributed by atoms with Gasteiger partial charge in [-0.15, -0.1) is 0 Å². The molecule has 1 amide bonds. The highest BCUT2D eigenvalue weighted by Gasteiger charge is 2.26. The smallest absolute Gasteiger partial charge is 0.236 e. The molecule has 0 aromatic heterocycles. The summed E-state index contributed by atoms with van der Waals surface area (Å²) in [7, 11) is 1.63. The van der Waals surface area contributed by atoms with Crippen LogP contribution in [0.1, 0.15) is 30.0 Å². The minimum Gasteiger partial charge on any atom is -0.495 e. The van der Waals surface area contributed by atoms with Gasteiger partial charge in [0.05, 0.1) is 31.9 Å². The quantitative estimate of drug-likeness (QED) is 0.914. The van der Waals surface area contributed by atoms with E-state index in [0.29, 0.717) is 43.6 Å². The van der Waals surface area contributed by atoms with Crippen molar-refractivity contribution in [3.8, 4) is 5.75 Å². The van der Waals surface area contributed by atoms with E-state index in [0.717, 1.165) is 24.8 Å². The van der Waals surface area contributed by atoms with E-state index in [1.54, 1.807) is 7.11 Å². The number of morpholine rings is 1. The summed E-state index contributed by atoms with van der Waals surface area (Å²) in [5.74, 6) is 0.818. The number of amides is 1. The number of nitrogens with zero attached hydrogens (tertiary/aromatic N) is 1. The lowest BCUT2D eigenvalue weighted by atomic mass is 9.87. The molecule has 1 fully saturated rings. The second kappa shape index (κ2) is 7.51. The van der Waals surface area contributed by atoms with Crippen molar-refractivity contribution in [2.24, 2.45) is 0 Å². The largest absolute Gasteiger partial charge is 0.495 e. The first kappa shape index (κ1) is 16.6. The van der Waals surface area contributed by atoms with Gasteiger partial charge in [0.2, 0.25) is 5.91 Å². The number of hydrogen-bond donors (Lipinski definition) is 1. The van der Waals surface area contributed by atoms with Crippen molar-refractivity contribution in [3.05, 3.63) is 28.3 Å². The van der Waals surface area contributed by atoms with Gasteiger partial charge in [0, 0.05) is 19.1 Å². The molecule has 1 unspecified atom stereocenters. The fraction of sp³-hybridized carbons (Fsp3) is 0.588. The molecule has 1 saturated heterocycles. The van der Waals surface area contributed by atoms with Crippen molar-refractivity contribution in [3.63, 3.8) is 0 Å². The summed E-state index contributed by atoms with van der Waals surface area (Å²) in [6, 6.07) is 4.10. The number of nitrogens with one attached hydrogen (secondary N) is 1. The molecule has 1 N–H and O–H groups in total. The maximum Gasteiger partial charge on any atom is 0.236 e. The average Bonchev–Trinajstić information content (AvgIpc) is 2.60. The lowest BCUT2D eigenvalue weighted by molar-refractivity contribution is -0.134. The fourth-order valence-electron chi connectivity index (χ4n) is 3.35. The minimum atomic E-state index is 0.103. The number of rotatable bonds is 4. The van der Waals surface area contributed by atoms with Crippen molar-refractivity contribution in [1.82, 2.24) is 10.2 Å². The summed E-state index contributed by atoms with van der Waals surface area (Å²) >= 11 is 6.51. The van der Waals surface area contributed by atoms with Crippen LogP contribution in [-0.2, 0) is 16.0 Å². The van der Waals surface area contributed by atoms with Gasteiger partial charge >= 0.3 is 0 Å². The van der Waals surface area contributed by atoms with E-state index < -0.39 is 0 Å². The van der Waals surface area contributed by atoms with Crippen LogP contribution < -0.4 is 10.1 Å². The molecule has 1 aromatic carbocycles. The van der Waals surface area contributed by atoms with Crippen LogP contribution >= 0.6 is 11.6 Å². The van der Waals surface area contributed by atoms with Gasteiger partial charge in [-0.2, -0.15) is 0 Å². The third kappa shape index (κ3) is 3.62. The van der Waals surface area contributed by atoms with Crippen LogP contribution in [-0.4, -0.2) is 50.8 Å². The molecule has 1 aromatic rings. The first-order valence-corrected chi connectivity index (χ1v) is 8.52. The van der Waals surface area contributed by atoms with Crippen LogP contribution in [0.25, 0.3) is 0 Å².